The number of H-pyrrole nitrogens is 1. The first-order valence-corrected chi connectivity index (χ1v) is 31.0. The van der Waals surface area contributed by atoms with Crippen molar-refractivity contribution < 1.29 is 47.4 Å². The number of nitrogens with one attached hydrogen (secondary N) is 1. The number of likely N-dealkylation sites (tertiary alicyclic amines) is 2. The lowest BCUT2D eigenvalue weighted by Crippen LogP contribution is -2.59. The van der Waals surface area contributed by atoms with Crippen LogP contribution in [0.25, 0.3) is 11.1 Å². The van der Waals surface area contributed by atoms with E-state index < -0.39 is 30.0 Å². The Morgan fingerprint density at radius 3 is 1.55 bits per heavy atom. The predicted octanol–water partition coefficient (Wildman–Crippen LogP) is 9.86. The second-order valence-electron chi connectivity index (χ2n) is 25.8. The molecular formula is C65H82BBrN10O10. The van der Waals surface area contributed by atoms with Gasteiger partial charge in [-0.05, 0) is 152 Å². The lowest BCUT2D eigenvalue weighted by atomic mass is 9.82. The molecule has 462 valence electrons. The van der Waals surface area contributed by atoms with Crippen molar-refractivity contribution in [3.05, 3.63) is 137 Å². The zero-order valence-electron chi connectivity index (χ0n) is 51.6. The van der Waals surface area contributed by atoms with Crippen LogP contribution in [-0.4, -0.2) is 185 Å². The summed E-state index contributed by atoms with van der Waals surface area (Å²) in [6.07, 6.45) is 10.2. The van der Waals surface area contributed by atoms with Crippen molar-refractivity contribution in [2.45, 2.75) is 127 Å². The molecule has 0 atom stereocenters. The van der Waals surface area contributed by atoms with E-state index in [4.69, 9.17) is 33.0 Å². The van der Waals surface area contributed by atoms with Crippen molar-refractivity contribution >= 4 is 58.0 Å². The Morgan fingerprint density at radius 1 is 0.667 bits per heavy atom. The minimum atomic E-state index is -0.562. The molecule has 4 aromatic carbocycles. The number of rotatable bonds is 12. The number of urea groups is 2. The number of methoxy groups -OCH3 is 2. The summed E-state index contributed by atoms with van der Waals surface area (Å²) in [6.45, 7) is 23.3. The van der Waals surface area contributed by atoms with Gasteiger partial charge in [0, 0.05) is 84.7 Å². The zero-order chi connectivity index (χ0) is 61.3. The molecule has 0 saturated carbocycles. The Bertz CT molecular complexity index is 3320. The van der Waals surface area contributed by atoms with Crippen LogP contribution in [0.3, 0.4) is 0 Å². The smallest absolute Gasteiger partial charge is 0.497 e. The highest BCUT2D eigenvalue weighted by molar-refractivity contribution is 9.10. The maximum atomic E-state index is 13.9. The van der Waals surface area contributed by atoms with E-state index in [2.05, 4.69) is 75.1 Å². The second kappa shape index (κ2) is 25.4. The third-order valence-electron chi connectivity index (χ3n) is 18.5. The Morgan fingerprint density at radius 2 is 1.14 bits per heavy atom. The highest BCUT2D eigenvalue weighted by Crippen LogP contribution is 2.43. The summed E-state index contributed by atoms with van der Waals surface area (Å²) < 4.78 is 40.9. The number of aromatic nitrogens is 4. The summed E-state index contributed by atoms with van der Waals surface area (Å²) in [7, 11) is 2.82. The zero-order valence-corrected chi connectivity index (χ0v) is 53.2. The van der Waals surface area contributed by atoms with Crippen molar-refractivity contribution in [2.24, 2.45) is 0 Å². The molecule has 1 N–H and O–H groups in total. The predicted molar refractivity (Wildman–Crippen MR) is 337 cm³/mol. The van der Waals surface area contributed by atoms with E-state index >= 15 is 0 Å². The monoisotopic (exact) mass is 1250 g/mol. The SMILES string of the molecule is CC(C)(C)OC(=O)n1cc(B2OC(C)(C)C(C)(C)O2)cn1.COc1cccc(CN2C(=O)N(c3ccc(-c4cn[nH]c4)cc3)CC23CCN(C2COC2)CC3)c1.COc1cccc(CN2C(=O)N(c3ccc(Br)cc3)CC23CCN(C2COC2)CC3)c1. The van der Waals surface area contributed by atoms with Gasteiger partial charge in [-0.25, -0.2) is 14.4 Å². The van der Waals surface area contributed by atoms with Crippen molar-refractivity contribution in [3.63, 3.8) is 0 Å². The largest absolute Gasteiger partial charge is 0.498 e. The average Bonchev–Trinajstić information content (AvgIpc) is 1.73. The molecule has 13 rings (SSSR count). The number of halogens is 1. The summed E-state index contributed by atoms with van der Waals surface area (Å²) in [6, 6.07) is 33.6. The lowest BCUT2D eigenvalue weighted by Gasteiger charge is -2.47. The number of carbonyl (C=O) groups excluding carboxylic acids is 3. The fourth-order valence-corrected chi connectivity index (χ4v) is 12.7. The molecule has 2 aromatic heterocycles. The third-order valence-corrected chi connectivity index (χ3v) is 19.0. The molecule has 0 aliphatic carbocycles. The third kappa shape index (κ3) is 13.5. The van der Waals surface area contributed by atoms with E-state index in [0.717, 1.165) is 139 Å². The van der Waals surface area contributed by atoms with Crippen molar-refractivity contribution in [1.82, 2.24) is 39.6 Å². The molecule has 0 radical (unpaired) electrons. The first kappa shape index (κ1) is 61.8. The number of nitrogens with zero attached hydrogens (tertiary/aromatic N) is 9. The highest BCUT2D eigenvalue weighted by atomic mass is 79.9. The number of ether oxygens (including phenoxy) is 5. The maximum Gasteiger partial charge on any atom is 0.498 e. The van der Waals surface area contributed by atoms with Gasteiger partial charge in [0.1, 0.15) is 17.1 Å². The van der Waals surface area contributed by atoms with Gasteiger partial charge in [-0.1, -0.05) is 52.3 Å². The van der Waals surface area contributed by atoms with E-state index in [-0.39, 0.29) is 23.1 Å². The Balaban J connectivity index is 0.000000140. The molecule has 0 bridgehead atoms. The molecule has 87 heavy (non-hydrogen) atoms. The van der Waals surface area contributed by atoms with Gasteiger partial charge >= 0.3 is 25.3 Å². The topological polar surface area (TPSA) is 182 Å². The fraction of sp³-hybridized carbons (Fsp3) is 0.492. The van der Waals surface area contributed by atoms with Crippen LogP contribution in [0.15, 0.2) is 126 Å². The molecular weight excluding hydrogens is 1170 g/mol. The van der Waals surface area contributed by atoms with E-state index in [1.165, 1.54) is 0 Å². The highest BCUT2D eigenvalue weighted by Gasteiger charge is 2.55. The van der Waals surface area contributed by atoms with Crippen LogP contribution < -0.4 is 24.7 Å². The van der Waals surface area contributed by atoms with Gasteiger partial charge in [-0.3, -0.25) is 24.7 Å². The summed E-state index contributed by atoms with van der Waals surface area (Å²) in [4.78, 5) is 52.7. The van der Waals surface area contributed by atoms with Crippen LogP contribution in [0.4, 0.5) is 25.8 Å². The molecule has 22 heteroatoms. The van der Waals surface area contributed by atoms with E-state index in [1.807, 2.05) is 143 Å². The van der Waals surface area contributed by atoms with Gasteiger partial charge in [0.05, 0.1) is 94.3 Å². The molecule has 2 spiro atoms. The van der Waals surface area contributed by atoms with E-state index in [1.54, 1.807) is 26.6 Å². The van der Waals surface area contributed by atoms with Gasteiger partial charge in [-0.2, -0.15) is 14.9 Å². The van der Waals surface area contributed by atoms with Gasteiger partial charge in [0.15, 0.2) is 0 Å². The summed E-state index contributed by atoms with van der Waals surface area (Å²) >= 11 is 3.50. The van der Waals surface area contributed by atoms with Crippen LogP contribution in [0.5, 0.6) is 11.5 Å². The number of carbonyl (C=O) groups is 3. The van der Waals surface area contributed by atoms with Gasteiger partial charge < -0.3 is 42.8 Å². The molecule has 7 fully saturated rings. The Hall–Kier alpha value is -6.79. The number of hydrogen-bond donors (Lipinski definition) is 1. The first-order chi connectivity index (χ1) is 41.6. The fourth-order valence-electron chi connectivity index (χ4n) is 12.4. The van der Waals surface area contributed by atoms with Crippen molar-refractivity contribution in [1.29, 1.82) is 0 Å². The van der Waals surface area contributed by atoms with E-state index in [0.29, 0.717) is 37.2 Å². The lowest BCUT2D eigenvalue weighted by molar-refractivity contribution is -0.0813. The molecule has 9 heterocycles. The molecule has 20 nitrogen and oxygen atoms in total. The number of amides is 4. The quantitative estimate of drug-likeness (QED) is 0.114. The van der Waals surface area contributed by atoms with Gasteiger partial charge in [0.25, 0.3) is 0 Å². The molecule has 7 aliphatic rings. The number of anilines is 2. The van der Waals surface area contributed by atoms with E-state index in [9.17, 15) is 14.4 Å². The molecule has 4 amide bonds. The number of piperidine rings is 2. The van der Waals surface area contributed by atoms with Crippen LogP contribution in [-0.2, 0) is 36.6 Å². The van der Waals surface area contributed by atoms with Crippen molar-refractivity contribution in [2.75, 3.05) is 89.7 Å². The standard InChI is InChI=1S/C27H31N5O3.C24H28BrN3O3.C14H23BN2O4/c1-34-25-4-2-3-20(13-25)16-32-26(33)31(23-7-5-21(6-8-23)22-14-28-29-15-22)19-27(32)9-11-30(12-10-27)24-17-35-18-24;1-30-22-4-2-3-18(13-22)14-28-23(29)27(20-7-5-19(25)6-8-20)17-24(28)9-11-26(12-10-24)21-15-31-16-21;1-12(2,3)19-11(18)17-9-10(8-16-17)15-20-13(4,5)14(6,7)21-15/h2-8,13-15,24H,9-12,16-19H2,1H3,(H,28,29);2-8,13,21H,9-12,14-17H2,1H3;8-9H,1-7H3. The van der Waals surface area contributed by atoms with Gasteiger partial charge in [0.2, 0.25) is 0 Å². The normalized spacial score (nSPS) is 20.9. The van der Waals surface area contributed by atoms with Crippen LogP contribution in [0.2, 0.25) is 0 Å². The minimum Gasteiger partial charge on any atom is -0.497 e. The molecule has 7 aliphatic heterocycles. The van der Waals surface area contributed by atoms with Gasteiger partial charge in [-0.15, -0.1) is 0 Å². The van der Waals surface area contributed by atoms with Crippen LogP contribution in [0, 0.1) is 0 Å². The molecule has 0 unspecified atom stereocenters. The Labute approximate surface area is 519 Å². The molecule has 7 saturated heterocycles. The second-order valence-corrected chi connectivity index (χ2v) is 26.7. The number of aromatic amines is 1. The average molecular weight is 1250 g/mol. The number of hydrogen-bond acceptors (Lipinski definition) is 14. The summed E-state index contributed by atoms with van der Waals surface area (Å²) in [5.74, 6) is 1.64. The number of benzene rings is 4. The summed E-state index contributed by atoms with van der Waals surface area (Å²) in [5, 5.41) is 10.9. The maximum absolute atomic E-state index is 13.9. The minimum absolute atomic E-state index is 0.0734. The molecule has 6 aromatic rings. The summed E-state index contributed by atoms with van der Waals surface area (Å²) in [5.41, 5.74) is 5.12. The first-order valence-electron chi connectivity index (χ1n) is 30.2. The van der Waals surface area contributed by atoms with Crippen LogP contribution >= 0.6 is 15.9 Å². The Kier molecular flexibility index (Phi) is 18.0. The van der Waals surface area contributed by atoms with Crippen LogP contribution in [0.1, 0.15) is 85.3 Å². The van der Waals surface area contributed by atoms with Crippen molar-refractivity contribution in [3.8, 4) is 22.6 Å².